The van der Waals surface area contributed by atoms with E-state index in [2.05, 4.69) is 79.7 Å². The Kier molecular flexibility index (Phi) is 3.20. The fourth-order valence-corrected chi connectivity index (χ4v) is 3.41. The summed E-state index contributed by atoms with van der Waals surface area (Å²) in [6.45, 7) is 3.26. The summed E-state index contributed by atoms with van der Waals surface area (Å²) in [5.41, 5.74) is 2.60. The topological polar surface area (TPSA) is 4.93 Å². The van der Waals surface area contributed by atoms with E-state index in [0.29, 0.717) is 0 Å². The predicted molar refractivity (Wildman–Crippen MR) is 85.1 cm³/mol. The van der Waals surface area contributed by atoms with Crippen LogP contribution in [0.15, 0.2) is 45.3 Å². The molecule has 0 aliphatic rings. The van der Waals surface area contributed by atoms with Gasteiger partial charge in [0, 0.05) is 27.3 Å². The van der Waals surface area contributed by atoms with E-state index in [9.17, 15) is 0 Å². The third-order valence-corrected chi connectivity index (χ3v) is 5.27. The van der Waals surface area contributed by atoms with Gasteiger partial charge < -0.3 is 4.57 Å². The predicted octanol–water partition coefficient (Wildman–Crippen LogP) is 5.73. The molecule has 3 heteroatoms. The van der Waals surface area contributed by atoms with Crippen LogP contribution in [-0.4, -0.2) is 4.57 Å². The van der Waals surface area contributed by atoms with Gasteiger partial charge in [-0.05, 0) is 50.4 Å². The Morgan fingerprint density at radius 2 is 1.78 bits per heavy atom. The van der Waals surface area contributed by atoms with E-state index in [1.54, 1.807) is 0 Å². The number of hydrogen-bond acceptors (Lipinski definition) is 0. The zero-order valence-electron chi connectivity index (χ0n) is 10.1. The lowest BCUT2D eigenvalue weighted by molar-refractivity contribution is 0.723. The average Bonchev–Trinajstić information content (AvgIpc) is 2.70. The Hall–Kier alpha value is -0.800. The Bertz CT molecular complexity index is 728. The molecule has 0 atom stereocenters. The standard InChI is InChI=1S/C15H13Br2N/c1-2-9-18-13-6-4-3-5-10(13)11-7-8-12(16)14(17)15(11)18/h3-8H,2,9H2,1H3. The highest BCUT2D eigenvalue weighted by atomic mass is 79.9. The molecule has 0 aliphatic carbocycles. The quantitative estimate of drug-likeness (QED) is 0.545. The van der Waals surface area contributed by atoms with Gasteiger partial charge in [-0.1, -0.05) is 31.2 Å². The third-order valence-electron chi connectivity index (χ3n) is 3.27. The number of halogens is 2. The van der Waals surface area contributed by atoms with Crippen LogP contribution >= 0.6 is 31.9 Å². The first-order valence-corrected chi connectivity index (χ1v) is 7.67. The molecule has 0 N–H and O–H groups in total. The molecular weight excluding hydrogens is 354 g/mol. The number of aromatic nitrogens is 1. The van der Waals surface area contributed by atoms with E-state index in [1.807, 2.05) is 0 Å². The first kappa shape index (κ1) is 12.2. The first-order valence-electron chi connectivity index (χ1n) is 6.09. The molecular formula is C15H13Br2N. The number of fused-ring (bicyclic) bond motifs is 3. The minimum Gasteiger partial charge on any atom is -0.340 e. The second-order valence-electron chi connectivity index (χ2n) is 4.43. The average molecular weight is 367 g/mol. The van der Waals surface area contributed by atoms with Crippen LogP contribution in [0.3, 0.4) is 0 Å². The van der Waals surface area contributed by atoms with E-state index in [0.717, 1.165) is 21.9 Å². The zero-order valence-corrected chi connectivity index (χ0v) is 13.3. The maximum atomic E-state index is 3.71. The van der Waals surface area contributed by atoms with Crippen LogP contribution in [0, 0.1) is 0 Å². The fourth-order valence-electron chi connectivity index (χ4n) is 2.53. The lowest BCUT2D eigenvalue weighted by atomic mass is 10.2. The molecule has 0 radical (unpaired) electrons. The number of benzene rings is 2. The van der Waals surface area contributed by atoms with Crippen LogP contribution < -0.4 is 0 Å². The van der Waals surface area contributed by atoms with Crippen molar-refractivity contribution in [1.29, 1.82) is 0 Å². The van der Waals surface area contributed by atoms with E-state index in [4.69, 9.17) is 0 Å². The summed E-state index contributed by atoms with van der Waals surface area (Å²) in [5, 5.41) is 2.64. The molecule has 1 heterocycles. The molecule has 0 saturated heterocycles. The van der Waals surface area contributed by atoms with Crippen molar-refractivity contribution in [2.75, 3.05) is 0 Å². The van der Waals surface area contributed by atoms with Gasteiger partial charge >= 0.3 is 0 Å². The molecule has 2 aromatic carbocycles. The van der Waals surface area contributed by atoms with Crippen LogP contribution in [0.25, 0.3) is 21.8 Å². The Morgan fingerprint density at radius 1 is 1.00 bits per heavy atom. The molecule has 1 aromatic heterocycles. The molecule has 92 valence electrons. The van der Waals surface area contributed by atoms with Crippen LogP contribution in [0.2, 0.25) is 0 Å². The highest BCUT2D eigenvalue weighted by Crippen LogP contribution is 2.37. The van der Waals surface area contributed by atoms with Crippen molar-refractivity contribution in [3.05, 3.63) is 45.3 Å². The molecule has 1 nitrogen and oxygen atoms in total. The summed E-state index contributed by atoms with van der Waals surface area (Å²) < 4.78 is 4.65. The third kappa shape index (κ3) is 1.72. The summed E-state index contributed by atoms with van der Waals surface area (Å²) in [6.07, 6.45) is 1.13. The van der Waals surface area contributed by atoms with E-state index in [1.165, 1.54) is 21.8 Å². The van der Waals surface area contributed by atoms with Gasteiger partial charge in [-0.3, -0.25) is 0 Å². The van der Waals surface area contributed by atoms with E-state index in [-0.39, 0.29) is 0 Å². The van der Waals surface area contributed by atoms with Gasteiger partial charge in [-0.25, -0.2) is 0 Å². The SMILES string of the molecule is CCCn1c2ccccc2c2ccc(Br)c(Br)c21. The molecule has 3 aromatic rings. The van der Waals surface area contributed by atoms with Gasteiger partial charge in [0.2, 0.25) is 0 Å². The molecule has 0 amide bonds. The van der Waals surface area contributed by atoms with Crippen molar-refractivity contribution in [3.8, 4) is 0 Å². The van der Waals surface area contributed by atoms with Gasteiger partial charge in [-0.2, -0.15) is 0 Å². The number of aryl methyl sites for hydroxylation is 1. The Morgan fingerprint density at radius 3 is 2.56 bits per heavy atom. The maximum absolute atomic E-state index is 3.71. The van der Waals surface area contributed by atoms with Crippen molar-refractivity contribution in [2.24, 2.45) is 0 Å². The smallest absolute Gasteiger partial charge is 0.0647 e. The van der Waals surface area contributed by atoms with Crippen LogP contribution in [0.5, 0.6) is 0 Å². The maximum Gasteiger partial charge on any atom is 0.0647 e. The van der Waals surface area contributed by atoms with E-state index >= 15 is 0 Å². The van der Waals surface area contributed by atoms with Crippen molar-refractivity contribution in [3.63, 3.8) is 0 Å². The van der Waals surface area contributed by atoms with Crippen molar-refractivity contribution in [1.82, 2.24) is 4.57 Å². The molecule has 0 bridgehead atoms. The van der Waals surface area contributed by atoms with Gasteiger partial charge in [-0.15, -0.1) is 0 Å². The van der Waals surface area contributed by atoms with Crippen LogP contribution in [-0.2, 0) is 6.54 Å². The summed E-state index contributed by atoms with van der Waals surface area (Å²) in [7, 11) is 0. The molecule has 18 heavy (non-hydrogen) atoms. The highest BCUT2D eigenvalue weighted by molar-refractivity contribution is 9.13. The van der Waals surface area contributed by atoms with E-state index < -0.39 is 0 Å². The second kappa shape index (κ2) is 4.71. The number of rotatable bonds is 2. The molecule has 0 saturated carbocycles. The molecule has 3 rings (SSSR count). The largest absolute Gasteiger partial charge is 0.340 e. The fraction of sp³-hybridized carbons (Fsp3) is 0.200. The molecule has 0 aliphatic heterocycles. The van der Waals surface area contributed by atoms with Crippen LogP contribution in [0.1, 0.15) is 13.3 Å². The monoisotopic (exact) mass is 365 g/mol. The van der Waals surface area contributed by atoms with Gasteiger partial charge in [0.1, 0.15) is 0 Å². The number of hydrogen-bond donors (Lipinski definition) is 0. The summed E-state index contributed by atoms with van der Waals surface area (Å²) in [6, 6.07) is 12.9. The van der Waals surface area contributed by atoms with Gasteiger partial charge in [0.05, 0.1) is 9.99 Å². The first-order chi connectivity index (χ1) is 8.74. The number of para-hydroxylation sites is 1. The zero-order chi connectivity index (χ0) is 12.7. The summed E-state index contributed by atoms with van der Waals surface area (Å²) in [5.74, 6) is 0. The van der Waals surface area contributed by atoms with Crippen LogP contribution in [0.4, 0.5) is 0 Å². The molecule has 0 fully saturated rings. The normalized spacial score (nSPS) is 11.5. The Labute approximate surface area is 123 Å². The minimum atomic E-state index is 1.04. The number of nitrogens with zero attached hydrogens (tertiary/aromatic N) is 1. The second-order valence-corrected chi connectivity index (χ2v) is 6.07. The highest BCUT2D eigenvalue weighted by Gasteiger charge is 2.13. The Balaban J connectivity index is 2.54. The van der Waals surface area contributed by atoms with Crippen molar-refractivity contribution < 1.29 is 0 Å². The minimum absolute atomic E-state index is 1.04. The summed E-state index contributed by atoms with van der Waals surface area (Å²) in [4.78, 5) is 0. The molecule has 0 spiro atoms. The van der Waals surface area contributed by atoms with Gasteiger partial charge in [0.25, 0.3) is 0 Å². The van der Waals surface area contributed by atoms with Crippen molar-refractivity contribution in [2.45, 2.75) is 19.9 Å². The summed E-state index contributed by atoms with van der Waals surface area (Å²) >= 11 is 7.31. The van der Waals surface area contributed by atoms with Gasteiger partial charge in [0.15, 0.2) is 0 Å². The van der Waals surface area contributed by atoms with Crippen molar-refractivity contribution >= 4 is 53.7 Å². The lowest BCUT2D eigenvalue weighted by Gasteiger charge is -2.07. The molecule has 0 unspecified atom stereocenters. The lowest BCUT2D eigenvalue weighted by Crippen LogP contribution is -1.96.